The quantitative estimate of drug-likeness (QED) is 0.739. The van der Waals surface area contributed by atoms with Crippen molar-refractivity contribution in [3.8, 4) is 0 Å². The van der Waals surface area contributed by atoms with Crippen LogP contribution in [0.2, 0.25) is 0 Å². The van der Waals surface area contributed by atoms with Crippen molar-refractivity contribution in [2.24, 2.45) is 5.73 Å². The van der Waals surface area contributed by atoms with Gasteiger partial charge in [0, 0.05) is 30.3 Å². The van der Waals surface area contributed by atoms with Crippen LogP contribution in [0.4, 0.5) is 5.69 Å². The maximum atomic E-state index is 12.2. The molecule has 0 aliphatic carbocycles. The van der Waals surface area contributed by atoms with Gasteiger partial charge in [0.05, 0.1) is 0 Å². The van der Waals surface area contributed by atoms with Gasteiger partial charge in [-0.15, -0.1) is 12.4 Å². The number of anilines is 1. The highest BCUT2D eigenvalue weighted by atomic mass is 35.5. The van der Waals surface area contributed by atoms with Crippen LogP contribution in [0.3, 0.4) is 0 Å². The molecule has 2 amide bonds. The van der Waals surface area contributed by atoms with E-state index < -0.39 is 0 Å². The Labute approximate surface area is 154 Å². The third-order valence-electron chi connectivity index (χ3n) is 3.50. The van der Waals surface area contributed by atoms with E-state index in [2.05, 4.69) is 10.6 Å². The van der Waals surface area contributed by atoms with Crippen LogP contribution >= 0.6 is 12.4 Å². The lowest BCUT2D eigenvalue weighted by Gasteiger charge is -2.10. The van der Waals surface area contributed by atoms with Crippen molar-refractivity contribution in [2.45, 2.75) is 32.9 Å². The molecular weight excluding hydrogens is 338 g/mol. The minimum absolute atomic E-state index is 0. The van der Waals surface area contributed by atoms with Crippen molar-refractivity contribution in [1.29, 1.82) is 0 Å². The first-order valence-corrected chi connectivity index (χ1v) is 7.93. The number of hydrogen-bond donors (Lipinski definition) is 3. The van der Waals surface area contributed by atoms with Gasteiger partial charge in [-0.2, -0.15) is 0 Å². The van der Waals surface area contributed by atoms with Gasteiger partial charge in [0.15, 0.2) is 0 Å². The molecule has 0 fully saturated rings. The van der Waals surface area contributed by atoms with Gasteiger partial charge in [-0.3, -0.25) is 9.59 Å². The molecule has 2 aromatic rings. The summed E-state index contributed by atoms with van der Waals surface area (Å²) < 4.78 is 0. The molecule has 0 heterocycles. The number of halogens is 1. The van der Waals surface area contributed by atoms with E-state index in [4.69, 9.17) is 5.73 Å². The first-order valence-electron chi connectivity index (χ1n) is 7.93. The van der Waals surface area contributed by atoms with E-state index in [0.29, 0.717) is 24.2 Å². The monoisotopic (exact) mass is 361 g/mol. The number of rotatable bonds is 6. The first kappa shape index (κ1) is 20.7. The van der Waals surface area contributed by atoms with Gasteiger partial charge in [0.2, 0.25) is 5.91 Å². The maximum Gasteiger partial charge on any atom is 0.255 e. The van der Waals surface area contributed by atoms with Crippen LogP contribution in [0.25, 0.3) is 0 Å². The normalized spacial score (nSPS) is 11.2. The number of carbonyl (C=O) groups is 2. The average molecular weight is 362 g/mol. The summed E-state index contributed by atoms with van der Waals surface area (Å²) in [5.74, 6) is -0.243. The molecule has 6 heteroatoms. The van der Waals surface area contributed by atoms with Crippen LogP contribution in [-0.4, -0.2) is 17.9 Å². The van der Waals surface area contributed by atoms with E-state index in [9.17, 15) is 9.59 Å². The summed E-state index contributed by atoms with van der Waals surface area (Å²) in [6, 6.07) is 14.6. The zero-order valence-corrected chi connectivity index (χ0v) is 15.2. The smallest absolute Gasteiger partial charge is 0.255 e. The van der Waals surface area contributed by atoms with E-state index in [1.807, 2.05) is 43.3 Å². The molecule has 0 aliphatic heterocycles. The summed E-state index contributed by atoms with van der Waals surface area (Å²) in [6.07, 6.45) is 0.295. The molecular formula is C19H24ClN3O2. The largest absolute Gasteiger partial charge is 0.352 e. The number of benzene rings is 2. The lowest BCUT2D eigenvalue weighted by molar-refractivity contribution is -0.121. The Morgan fingerprint density at radius 1 is 1.12 bits per heavy atom. The van der Waals surface area contributed by atoms with Gasteiger partial charge < -0.3 is 16.4 Å². The standard InChI is InChI=1S/C19H23N3O2.ClH/c1-13-6-8-16(9-7-13)19(24)22-17-5-3-4-15(11-17)12-21-18(23)10-14(2)20;/h3-9,11,14H,10,12,20H2,1-2H3,(H,21,23)(H,22,24);1H. The Hall–Kier alpha value is -2.37. The Balaban J connectivity index is 0.00000312. The predicted octanol–water partition coefficient (Wildman–Crippen LogP) is 3.02. The molecule has 0 bridgehead atoms. The summed E-state index contributed by atoms with van der Waals surface area (Å²) in [5.41, 5.74) is 8.92. The van der Waals surface area contributed by atoms with E-state index in [1.54, 1.807) is 19.1 Å². The zero-order chi connectivity index (χ0) is 17.5. The second-order valence-electron chi connectivity index (χ2n) is 5.98. The minimum atomic E-state index is -0.162. The molecule has 1 unspecified atom stereocenters. The summed E-state index contributed by atoms with van der Waals surface area (Å²) in [4.78, 5) is 23.9. The van der Waals surface area contributed by atoms with Gasteiger partial charge in [-0.25, -0.2) is 0 Å². The van der Waals surface area contributed by atoms with Crippen molar-refractivity contribution in [2.75, 3.05) is 5.32 Å². The Kier molecular flexibility index (Phi) is 8.11. The fourth-order valence-electron chi connectivity index (χ4n) is 2.23. The molecule has 0 saturated carbocycles. The van der Waals surface area contributed by atoms with Gasteiger partial charge in [0.25, 0.3) is 5.91 Å². The second kappa shape index (κ2) is 9.81. The number of hydrogen-bond acceptors (Lipinski definition) is 3. The molecule has 25 heavy (non-hydrogen) atoms. The number of carbonyl (C=O) groups excluding carboxylic acids is 2. The molecule has 0 spiro atoms. The Morgan fingerprint density at radius 2 is 1.80 bits per heavy atom. The van der Waals surface area contributed by atoms with Crippen molar-refractivity contribution >= 4 is 29.9 Å². The number of aryl methyl sites for hydroxylation is 1. The average Bonchev–Trinajstić information content (AvgIpc) is 2.53. The second-order valence-corrected chi connectivity index (χ2v) is 5.98. The van der Waals surface area contributed by atoms with E-state index in [-0.39, 0.29) is 30.3 Å². The highest BCUT2D eigenvalue weighted by Crippen LogP contribution is 2.13. The van der Waals surface area contributed by atoms with Gasteiger partial charge >= 0.3 is 0 Å². The molecule has 0 saturated heterocycles. The van der Waals surface area contributed by atoms with E-state index >= 15 is 0 Å². The maximum absolute atomic E-state index is 12.2. The van der Waals surface area contributed by atoms with Gasteiger partial charge in [-0.1, -0.05) is 29.8 Å². The highest BCUT2D eigenvalue weighted by molar-refractivity contribution is 6.04. The minimum Gasteiger partial charge on any atom is -0.352 e. The van der Waals surface area contributed by atoms with Crippen LogP contribution in [0.1, 0.15) is 34.8 Å². The molecule has 5 nitrogen and oxygen atoms in total. The van der Waals surface area contributed by atoms with Crippen molar-refractivity contribution < 1.29 is 9.59 Å². The van der Waals surface area contributed by atoms with E-state index in [0.717, 1.165) is 11.1 Å². The fourth-order valence-corrected chi connectivity index (χ4v) is 2.23. The molecule has 4 N–H and O–H groups in total. The van der Waals surface area contributed by atoms with Crippen molar-refractivity contribution in [1.82, 2.24) is 5.32 Å². The molecule has 0 radical (unpaired) electrons. The molecule has 0 aliphatic rings. The van der Waals surface area contributed by atoms with Crippen LogP contribution in [0.5, 0.6) is 0 Å². The van der Waals surface area contributed by atoms with Crippen LogP contribution in [0, 0.1) is 6.92 Å². The highest BCUT2D eigenvalue weighted by Gasteiger charge is 2.07. The van der Waals surface area contributed by atoms with Gasteiger partial charge in [-0.05, 0) is 43.7 Å². The Morgan fingerprint density at radius 3 is 2.44 bits per heavy atom. The van der Waals surface area contributed by atoms with Gasteiger partial charge in [0.1, 0.15) is 0 Å². The van der Waals surface area contributed by atoms with Crippen molar-refractivity contribution in [3.05, 3.63) is 65.2 Å². The third kappa shape index (κ3) is 6.95. The number of amides is 2. The van der Waals surface area contributed by atoms with Crippen LogP contribution < -0.4 is 16.4 Å². The number of nitrogens with one attached hydrogen (secondary N) is 2. The lowest BCUT2D eigenvalue weighted by atomic mass is 10.1. The summed E-state index contributed by atoms with van der Waals surface area (Å²) in [7, 11) is 0. The predicted molar refractivity (Wildman–Crippen MR) is 103 cm³/mol. The third-order valence-corrected chi connectivity index (χ3v) is 3.50. The first-order chi connectivity index (χ1) is 11.4. The molecule has 0 aromatic heterocycles. The summed E-state index contributed by atoms with van der Waals surface area (Å²) in [6.45, 7) is 4.17. The summed E-state index contributed by atoms with van der Waals surface area (Å²) >= 11 is 0. The number of nitrogens with two attached hydrogens (primary N) is 1. The van der Waals surface area contributed by atoms with Crippen LogP contribution in [0.15, 0.2) is 48.5 Å². The van der Waals surface area contributed by atoms with Crippen LogP contribution in [-0.2, 0) is 11.3 Å². The topological polar surface area (TPSA) is 84.2 Å². The lowest BCUT2D eigenvalue weighted by Crippen LogP contribution is -2.29. The molecule has 134 valence electrons. The van der Waals surface area contributed by atoms with E-state index in [1.165, 1.54) is 0 Å². The molecule has 2 aromatic carbocycles. The Bertz CT molecular complexity index is 715. The SMILES string of the molecule is Cc1ccc(C(=O)Nc2cccc(CNC(=O)CC(C)N)c2)cc1.Cl. The fraction of sp³-hybridized carbons (Fsp3) is 0.263. The zero-order valence-electron chi connectivity index (χ0n) is 14.4. The molecule has 1 atom stereocenters. The molecule has 2 rings (SSSR count). The van der Waals surface area contributed by atoms with Crippen molar-refractivity contribution in [3.63, 3.8) is 0 Å². The summed E-state index contributed by atoms with van der Waals surface area (Å²) in [5, 5.41) is 5.68.